The molecule has 0 radical (unpaired) electrons. The van der Waals surface area contributed by atoms with Crippen molar-refractivity contribution in [2.45, 2.75) is 103 Å². The average molecular weight is 553 g/mol. The predicted octanol–water partition coefficient (Wildman–Crippen LogP) is 9.15. The monoisotopic (exact) mass is 552 g/mol. The highest BCUT2D eigenvalue weighted by atomic mass is 28.4. The third kappa shape index (κ3) is 11.8. The lowest BCUT2D eigenvalue weighted by Crippen LogP contribution is -2.43. The van der Waals surface area contributed by atoms with E-state index < -0.39 is 8.32 Å². The van der Waals surface area contributed by atoms with E-state index in [1.807, 2.05) is 24.3 Å². The lowest BCUT2D eigenvalue weighted by atomic mass is 9.96. The Bertz CT molecular complexity index is 979. The summed E-state index contributed by atoms with van der Waals surface area (Å²) in [5.74, 6) is 1.18. The van der Waals surface area contributed by atoms with E-state index in [2.05, 4.69) is 77.2 Å². The highest BCUT2D eigenvalue weighted by Gasteiger charge is 2.38. The minimum atomic E-state index is -1.89. The van der Waals surface area contributed by atoms with Crippen LogP contribution in [-0.2, 0) is 20.6 Å². The van der Waals surface area contributed by atoms with Gasteiger partial charge in [-0.3, -0.25) is 4.79 Å². The molecule has 1 aliphatic rings. The molecular weight excluding hydrogens is 500 g/mol. The maximum absolute atomic E-state index is 12.6. The molecule has 0 spiro atoms. The van der Waals surface area contributed by atoms with E-state index >= 15 is 0 Å². The number of methoxy groups -OCH3 is 1. The SMILES string of the molecule is CC/C=C\C[C@H](C/C=C1/C(=O)C=C[C@@H]1C/C=C\CCCCOCc1ccc(OC)cc1)O[Si](C)(C)C(C)(C)C. The normalized spacial score (nSPS) is 18.2. The second-order valence-electron chi connectivity index (χ2n) is 11.9. The van der Waals surface area contributed by atoms with Gasteiger partial charge in [0.15, 0.2) is 14.1 Å². The molecule has 2 atom stereocenters. The van der Waals surface area contributed by atoms with Gasteiger partial charge in [-0.05, 0) is 86.9 Å². The van der Waals surface area contributed by atoms with Crippen LogP contribution in [0.2, 0.25) is 18.1 Å². The maximum Gasteiger partial charge on any atom is 0.192 e. The van der Waals surface area contributed by atoms with Crippen LogP contribution >= 0.6 is 0 Å². The van der Waals surface area contributed by atoms with Crippen LogP contribution in [0.15, 0.2) is 72.4 Å². The number of hydrogen-bond acceptors (Lipinski definition) is 4. The highest BCUT2D eigenvalue weighted by molar-refractivity contribution is 6.74. The molecule has 1 aromatic carbocycles. The van der Waals surface area contributed by atoms with Gasteiger partial charge in [0, 0.05) is 18.1 Å². The topological polar surface area (TPSA) is 44.8 Å². The van der Waals surface area contributed by atoms with Gasteiger partial charge in [0.1, 0.15) is 5.75 Å². The Morgan fingerprint density at radius 2 is 1.74 bits per heavy atom. The molecule has 0 aliphatic heterocycles. The van der Waals surface area contributed by atoms with Gasteiger partial charge in [-0.1, -0.05) is 76.3 Å². The van der Waals surface area contributed by atoms with Crippen LogP contribution < -0.4 is 4.74 Å². The number of rotatable bonds is 17. The number of hydrogen-bond donors (Lipinski definition) is 0. The van der Waals surface area contributed by atoms with Crippen molar-refractivity contribution in [2.24, 2.45) is 5.92 Å². The number of allylic oxidation sites excluding steroid dienone is 6. The number of unbranched alkanes of at least 4 members (excludes halogenated alkanes) is 2. The Morgan fingerprint density at radius 3 is 2.41 bits per heavy atom. The van der Waals surface area contributed by atoms with E-state index in [1.54, 1.807) is 13.2 Å². The van der Waals surface area contributed by atoms with Crippen molar-refractivity contribution in [2.75, 3.05) is 13.7 Å². The molecule has 0 fully saturated rings. The minimum Gasteiger partial charge on any atom is -0.497 e. The van der Waals surface area contributed by atoms with Gasteiger partial charge in [-0.2, -0.15) is 0 Å². The molecule has 216 valence electrons. The first kappa shape index (κ1) is 33.0. The first-order chi connectivity index (χ1) is 18.6. The van der Waals surface area contributed by atoms with Gasteiger partial charge in [-0.25, -0.2) is 0 Å². The van der Waals surface area contributed by atoms with Crippen LogP contribution in [0, 0.1) is 5.92 Å². The quantitative estimate of drug-likeness (QED) is 0.0836. The molecule has 0 bridgehead atoms. The molecule has 1 aromatic rings. The third-order valence-corrected chi connectivity index (χ3v) is 12.3. The summed E-state index contributed by atoms with van der Waals surface area (Å²) in [6.45, 7) is 15.0. The van der Waals surface area contributed by atoms with E-state index in [0.29, 0.717) is 6.61 Å². The van der Waals surface area contributed by atoms with Crippen LogP contribution in [0.25, 0.3) is 0 Å². The minimum absolute atomic E-state index is 0.109. The van der Waals surface area contributed by atoms with Crippen molar-refractivity contribution in [3.8, 4) is 5.75 Å². The predicted molar refractivity (Wildman–Crippen MR) is 167 cm³/mol. The molecule has 2 rings (SSSR count). The second-order valence-corrected chi connectivity index (χ2v) is 16.7. The molecule has 39 heavy (non-hydrogen) atoms. The van der Waals surface area contributed by atoms with Gasteiger partial charge >= 0.3 is 0 Å². The van der Waals surface area contributed by atoms with Gasteiger partial charge in [0.2, 0.25) is 0 Å². The number of ketones is 1. The zero-order chi connectivity index (χ0) is 28.7. The molecule has 0 unspecified atom stereocenters. The van der Waals surface area contributed by atoms with E-state index in [0.717, 1.165) is 68.4 Å². The molecule has 0 saturated heterocycles. The first-order valence-electron chi connectivity index (χ1n) is 14.7. The van der Waals surface area contributed by atoms with Crippen LogP contribution in [0.3, 0.4) is 0 Å². The molecule has 4 nitrogen and oxygen atoms in total. The van der Waals surface area contributed by atoms with Crippen LogP contribution in [-0.4, -0.2) is 33.9 Å². The van der Waals surface area contributed by atoms with Crippen molar-refractivity contribution in [3.63, 3.8) is 0 Å². The summed E-state index contributed by atoms with van der Waals surface area (Å²) in [4.78, 5) is 12.6. The molecule has 0 aromatic heterocycles. The Labute approximate surface area is 239 Å². The summed E-state index contributed by atoms with van der Waals surface area (Å²) < 4.78 is 17.7. The van der Waals surface area contributed by atoms with Gasteiger partial charge in [0.05, 0.1) is 19.8 Å². The molecule has 0 N–H and O–H groups in total. The van der Waals surface area contributed by atoms with Crippen LogP contribution in [0.5, 0.6) is 5.75 Å². The van der Waals surface area contributed by atoms with Crippen molar-refractivity contribution in [1.82, 2.24) is 0 Å². The van der Waals surface area contributed by atoms with Crippen molar-refractivity contribution < 1.29 is 18.7 Å². The lowest BCUT2D eigenvalue weighted by Gasteiger charge is -2.39. The molecule has 0 heterocycles. The Morgan fingerprint density at radius 1 is 1.00 bits per heavy atom. The lowest BCUT2D eigenvalue weighted by molar-refractivity contribution is -0.111. The Kier molecular flexibility index (Phi) is 14.2. The molecular formula is C34H52O4Si. The van der Waals surface area contributed by atoms with E-state index in [9.17, 15) is 4.79 Å². The number of benzene rings is 1. The number of ether oxygens (including phenoxy) is 2. The van der Waals surface area contributed by atoms with Crippen LogP contribution in [0.1, 0.15) is 78.2 Å². The largest absolute Gasteiger partial charge is 0.497 e. The maximum atomic E-state index is 12.6. The summed E-state index contributed by atoms with van der Waals surface area (Å²) in [6, 6.07) is 8.00. The summed E-state index contributed by atoms with van der Waals surface area (Å²) in [7, 11) is -0.215. The Hall–Kier alpha value is -2.21. The van der Waals surface area contributed by atoms with Crippen LogP contribution in [0.4, 0.5) is 0 Å². The van der Waals surface area contributed by atoms with E-state index in [1.165, 1.54) is 0 Å². The summed E-state index contributed by atoms with van der Waals surface area (Å²) >= 11 is 0. The standard InChI is InChI=1S/C34H52O4Si/c1-8-9-13-17-31(38-39(6,7)34(2,3)4)23-24-32-29(20-25-33(32)35)16-14-11-10-12-15-26-37-27-28-18-21-30(36-5)22-19-28/h9,11,13-14,18-22,24-25,29,31H,8,10,12,15-17,23,26-27H2,1-7H3/b13-9-,14-11-,32-24+/t29-,31+/m0/s1. The molecule has 1 aliphatic carbocycles. The van der Waals surface area contributed by atoms with E-state index in [4.69, 9.17) is 13.9 Å². The first-order valence-corrected chi connectivity index (χ1v) is 17.6. The van der Waals surface area contributed by atoms with Gasteiger partial charge < -0.3 is 13.9 Å². The number of carbonyl (C=O) groups is 1. The second kappa shape index (κ2) is 16.8. The van der Waals surface area contributed by atoms with Crippen molar-refractivity contribution in [3.05, 3.63) is 77.9 Å². The fourth-order valence-electron chi connectivity index (χ4n) is 4.24. The van der Waals surface area contributed by atoms with E-state index in [-0.39, 0.29) is 22.8 Å². The van der Waals surface area contributed by atoms with Crippen molar-refractivity contribution in [1.29, 1.82) is 0 Å². The number of carbonyl (C=O) groups excluding carboxylic acids is 1. The van der Waals surface area contributed by atoms with Gasteiger partial charge in [0.25, 0.3) is 0 Å². The molecule has 5 heteroatoms. The van der Waals surface area contributed by atoms with Gasteiger partial charge in [-0.15, -0.1) is 0 Å². The highest BCUT2D eigenvalue weighted by Crippen LogP contribution is 2.38. The zero-order valence-electron chi connectivity index (χ0n) is 25.5. The summed E-state index contributed by atoms with van der Waals surface area (Å²) in [5, 5.41) is 0.160. The summed E-state index contributed by atoms with van der Waals surface area (Å²) in [6.07, 6.45) is 21.7. The Balaban J connectivity index is 1.78. The zero-order valence-corrected chi connectivity index (χ0v) is 26.5. The fraction of sp³-hybridized carbons (Fsp3) is 0.559. The van der Waals surface area contributed by atoms with Crippen molar-refractivity contribution >= 4 is 14.1 Å². The molecule has 0 saturated carbocycles. The summed E-state index contributed by atoms with van der Waals surface area (Å²) in [5.41, 5.74) is 2.09. The fourth-order valence-corrected chi connectivity index (χ4v) is 5.62. The molecule has 0 amide bonds. The third-order valence-electron chi connectivity index (χ3n) is 7.73. The average Bonchev–Trinajstić information content (AvgIpc) is 3.24. The smallest absolute Gasteiger partial charge is 0.192 e.